The first-order chi connectivity index (χ1) is 5.95. The van der Waals surface area contributed by atoms with Crippen LogP contribution in [-0.2, 0) is 9.53 Å². The third-order valence-corrected chi connectivity index (χ3v) is 1.81. The number of hydrogen-bond acceptors (Lipinski definition) is 6. The Kier molecular flexibility index (Phi) is 2.84. The molecule has 0 aliphatic carbocycles. The van der Waals surface area contributed by atoms with Crippen LogP contribution in [0.5, 0.6) is 0 Å². The van der Waals surface area contributed by atoms with E-state index in [1.807, 2.05) is 0 Å². The van der Waals surface area contributed by atoms with Crippen LogP contribution in [0.15, 0.2) is 0 Å². The van der Waals surface area contributed by atoms with Crippen molar-refractivity contribution in [1.29, 1.82) is 0 Å². The van der Waals surface area contributed by atoms with Crippen molar-refractivity contribution in [3.05, 3.63) is 0 Å². The van der Waals surface area contributed by atoms with Gasteiger partial charge in [-0.25, -0.2) is 4.79 Å². The molecule has 1 saturated heterocycles. The SMILES string of the molecule is O=C(O)[C@H]1O[C@@H]([O-])[C@H](O)[C@@H](O)[C@@H]1O. The second kappa shape index (κ2) is 3.56. The van der Waals surface area contributed by atoms with Crippen molar-refractivity contribution in [2.45, 2.75) is 30.7 Å². The van der Waals surface area contributed by atoms with E-state index in [1.165, 1.54) is 0 Å². The maximum atomic E-state index is 10.7. The minimum Gasteiger partial charge on any atom is -0.829 e. The predicted octanol–water partition coefficient (Wildman–Crippen LogP) is -3.76. The summed E-state index contributed by atoms with van der Waals surface area (Å²) >= 11 is 0. The van der Waals surface area contributed by atoms with Crippen LogP contribution in [0.4, 0.5) is 0 Å². The molecule has 7 heteroatoms. The second-order valence-electron chi connectivity index (χ2n) is 2.74. The van der Waals surface area contributed by atoms with Crippen LogP contribution in [0.1, 0.15) is 0 Å². The molecule has 1 aliphatic rings. The molecule has 0 aromatic carbocycles. The zero-order valence-electron chi connectivity index (χ0n) is 6.40. The molecule has 0 aromatic rings. The molecule has 0 saturated carbocycles. The van der Waals surface area contributed by atoms with Crippen molar-refractivity contribution < 1.29 is 35.1 Å². The molecule has 0 bridgehead atoms. The van der Waals surface area contributed by atoms with Crippen molar-refractivity contribution in [2.75, 3.05) is 0 Å². The zero-order chi connectivity index (χ0) is 10.2. The molecule has 1 heterocycles. The van der Waals surface area contributed by atoms with Crippen molar-refractivity contribution in [3.63, 3.8) is 0 Å². The zero-order valence-corrected chi connectivity index (χ0v) is 6.40. The third-order valence-electron chi connectivity index (χ3n) is 1.81. The molecule has 1 rings (SSSR count). The van der Waals surface area contributed by atoms with Crippen LogP contribution < -0.4 is 5.11 Å². The molecule has 0 aromatic heterocycles. The summed E-state index contributed by atoms with van der Waals surface area (Å²) < 4.78 is 4.23. The van der Waals surface area contributed by atoms with E-state index in [9.17, 15) is 9.90 Å². The molecule has 7 nitrogen and oxygen atoms in total. The average molecular weight is 193 g/mol. The van der Waals surface area contributed by atoms with Crippen molar-refractivity contribution in [1.82, 2.24) is 0 Å². The Bertz CT molecular complexity index is 205. The summed E-state index contributed by atoms with van der Waals surface area (Å²) in [6, 6.07) is 0. The van der Waals surface area contributed by atoms with Gasteiger partial charge in [0, 0.05) is 6.29 Å². The maximum Gasteiger partial charge on any atom is 0.335 e. The quantitative estimate of drug-likeness (QED) is 0.336. The van der Waals surface area contributed by atoms with Gasteiger partial charge < -0.3 is 30.3 Å². The van der Waals surface area contributed by atoms with E-state index >= 15 is 0 Å². The van der Waals surface area contributed by atoms with E-state index in [0.29, 0.717) is 0 Å². The smallest absolute Gasteiger partial charge is 0.335 e. The highest BCUT2D eigenvalue weighted by Gasteiger charge is 2.42. The first-order valence-electron chi connectivity index (χ1n) is 3.53. The Morgan fingerprint density at radius 1 is 1.15 bits per heavy atom. The fourth-order valence-electron chi connectivity index (χ4n) is 1.05. The summed E-state index contributed by atoms with van der Waals surface area (Å²) in [5.74, 6) is -1.56. The Morgan fingerprint density at radius 3 is 2.15 bits per heavy atom. The van der Waals surface area contributed by atoms with Gasteiger partial charge in [0.1, 0.15) is 12.2 Å². The molecule has 13 heavy (non-hydrogen) atoms. The Hall–Kier alpha value is -0.730. The number of aliphatic hydroxyl groups excluding tert-OH is 3. The number of carboxylic acids is 1. The molecular weight excluding hydrogens is 184 g/mol. The molecule has 0 radical (unpaired) electrons. The highest BCUT2D eigenvalue weighted by atomic mass is 16.6. The summed E-state index contributed by atoms with van der Waals surface area (Å²) in [6.07, 6.45) is -9.25. The van der Waals surface area contributed by atoms with Crippen LogP contribution in [0.25, 0.3) is 0 Å². The van der Waals surface area contributed by atoms with Gasteiger partial charge in [-0.3, -0.25) is 0 Å². The van der Waals surface area contributed by atoms with Crippen LogP contribution in [0.3, 0.4) is 0 Å². The monoisotopic (exact) mass is 193 g/mol. The molecule has 0 amide bonds. The molecule has 76 valence electrons. The highest BCUT2D eigenvalue weighted by molar-refractivity contribution is 5.73. The summed E-state index contributed by atoms with van der Waals surface area (Å²) in [6.45, 7) is 0. The Morgan fingerprint density at radius 2 is 1.69 bits per heavy atom. The second-order valence-corrected chi connectivity index (χ2v) is 2.74. The lowest BCUT2D eigenvalue weighted by atomic mass is 9.99. The average Bonchev–Trinajstić information content (AvgIpc) is 2.07. The van der Waals surface area contributed by atoms with E-state index in [1.54, 1.807) is 0 Å². The van der Waals surface area contributed by atoms with Crippen molar-refractivity contribution >= 4 is 5.97 Å². The lowest BCUT2D eigenvalue weighted by molar-refractivity contribution is -0.529. The molecule has 5 atom stereocenters. The topological polar surface area (TPSA) is 130 Å². The number of hydrogen-bond donors (Lipinski definition) is 4. The van der Waals surface area contributed by atoms with Gasteiger partial charge in [0.05, 0.1) is 6.10 Å². The minimum absolute atomic E-state index is 1.56. The summed E-state index contributed by atoms with van der Waals surface area (Å²) in [5, 5.41) is 46.1. The molecular formula is C6H9O7-. The van der Waals surface area contributed by atoms with Crippen LogP contribution in [-0.4, -0.2) is 57.1 Å². The van der Waals surface area contributed by atoms with E-state index in [2.05, 4.69) is 4.74 Å². The van der Waals surface area contributed by atoms with Gasteiger partial charge in [-0.1, -0.05) is 0 Å². The fraction of sp³-hybridized carbons (Fsp3) is 0.833. The molecule has 1 aliphatic heterocycles. The van der Waals surface area contributed by atoms with Crippen molar-refractivity contribution in [3.8, 4) is 0 Å². The van der Waals surface area contributed by atoms with Crippen LogP contribution >= 0.6 is 0 Å². The van der Waals surface area contributed by atoms with Gasteiger partial charge in [-0.15, -0.1) is 0 Å². The van der Waals surface area contributed by atoms with E-state index in [-0.39, 0.29) is 0 Å². The first kappa shape index (κ1) is 10.4. The summed E-state index contributed by atoms with van der Waals surface area (Å²) in [4.78, 5) is 10.3. The summed E-state index contributed by atoms with van der Waals surface area (Å²) in [5.41, 5.74) is 0. The lowest BCUT2D eigenvalue weighted by Crippen LogP contribution is -2.63. The molecule has 0 unspecified atom stereocenters. The van der Waals surface area contributed by atoms with Gasteiger partial charge in [0.2, 0.25) is 0 Å². The van der Waals surface area contributed by atoms with E-state index in [0.717, 1.165) is 0 Å². The Labute approximate surface area is 72.8 Å². The number of carboxylic acid groups (broad SMARTS) is 1. The van der Waals surface area contributed by atoms with Crippen LogP contribution in [0, 0.1) is 0 Å². The largest absolute Gasteiger partial charge is 0.829 e. The third kappa shape index (κ3) is 1.79. The number of aliphatic hydroxyl groups is 3. The van der Waals surface area contributed by atoms with Gasteiger partial charge in [0.25, 0.3) is 0 Å². The molecule has 4 N–H and O–H groups in total. The van der Waals surface area contributed by atoms with Gasteiger partial charge in [-0.05, 0) is 0 Å². The van der Waals surface area contributed by atoms with Gasteiger partial charge in [-0.2, -0.15) is 0 Å². The number of rotatable bonds is 1. The predicted molar refractivity (Wildman–Crippen MR) is 34.3 cm³/mol. The molecule has 1 fully saturated rings. The van der Waals surface area contributed by atoms with Gasteiger partial charge >= 0.3 is 5.97 Å². The minimum atomic E-state index is -2.06. The van der Waals surface area contributed by atoms with E-state index < -0.39 is 36.7 Å². The number of ether oxygens (including phenoxy) is 1. The molecule has 0 spiro atoms. The summed E-state index contributed by atoms with van der Waals surface area (Å²) in [7, 11) is 0. The highest BCUT2D eigenvalue weighted by Crippen LogP contribution is 2.18. The first-order valence-corrected chi connectivity index (χ1v) is 3.53. The van der Waals surface area contributed by atoms with E-state index in [4.69, 9.17) is 20.4 Å². The number of aliphatic carboxylic acids is 1. The Balaban J connectivity index is 2.76. The number of carbonyl (C=O) groups is 1. The fourth-order valence-corrected chi connectivity index (χ4v) is 1.05. The van der Waals surface area contributed by atoms with Crippen LogP contribution in [0.2, 0.25) is 0 Å². The normalized spacial score (nSPS) is 46.0. The lowest BCUT2D eigenvalue weighted by Gasteiger charge is -2.42. The van der Waals surface area contributed by atoms with Crippen molar-refractivity contribution in [2.24, 2.45) is 0 Å². The standard InChI is InChI=1S/C6H9O7/c7-1-2(8)4(5(10)11)13-6(12)3(1)9/h1-4,6-9H,(H,10,11)/q-1/t1-,2-,3+,4-,6+/m0/s1. The van der Waals surface area contributed by atoms with Gasteiger partial charge in [0.15, 0.2) is 6.10 Å². The maximum absolute atomic E-state index is 10.7.